The molecule has 1 rings (SSSR count). The average molecular weight is 224 g/mol. The minimum absolute atomic E-state index is 0.436. The van der Waals surface area contributed by atoms with Crippen LogP contribution in [0.4, 0.5) is 4.79 Å². The van der Waals surface area contributed by atoms with Crippen molar-refractivity contribution in [2.45, 2.75) is 6.42 Å². The van der Waals surface area contributed by atoms with Crippen molar-refractivity contribution >= 4 is 28.8 Å². The largest absolute Gasteiger partial charge is 0.454 e. The highest BCUT2D eigenvalue weighted by Gasteiger charge is 2.09. The third-order valence-electron chi connectivity index (χ3n) is 1.94. The molecule has 1 aliphatic rings. The molecular formula is C8H14ClNO2S. The van der Waals surface area contributed by atoms with Gasteiger partial charge in [-0.25, -0.2) is 4.79 Å². The van der Waals surface area contributed by atoms with Gasteiger partial charge >= 0.3 is 5.43 Å². The summed E-state index contributed by atoms with van der Waals surface area (Å²) < 4.78 is 4.63. The molecule has 0 aromatic heterocycles. The van der Waals surface area contributed by atoms with Crippen molar-refractivity contribution in [1.29, 1.82) is 0 Å². The lowest BCUT2D eigenvalue weighted by molar-refractivity contribution is 0.164. The fourth-order valence-corrected chi connectivity index (χ4v) is 2.32. The van der Waals surface area contributed by atoms with Crippen LogP contribution in [-0.2, 0) is 4.74 Å². The predicted molar refractivity (Wildman–Crippen MR) is 55.6 cm³/mol. The Morgan fingerprint density at radius 2 is 2.15 bits per heavy atom. The average Bonchev–Trinajstić information content (AvgIpc) is 2.14. The van der Waals surface area contributed by atoms with E-state index in [1.165, 1.54) is 11.5 Å². The number of halogens is 1. The van der Waals surface area contributed by atoms with E-state index in [2.05, 4.69) is 9.64 Å². The SMILES string of the molecule is O=C(Cl)OCCCN1CCSCC1. The quantitative estimate of drug-likeness (QED) is 0.537. The summed E-state index contributed by atoms with van der Waals surface area (Å²) in [5.41, 5.74) is -0.700. The minimum Gasteiger partial charge on any atom is -0.454 e. The number of thioether (sulfide) groups is 1. The van der Waals surface area contributed by atoms with Crippen LogP contribution < -0.4 is 0 Å². The van der Waals surface area contributed by atoms with Gasteiger partial charge in [-0.15, -0.1) is 0 Å². The van der Waals surface area contributed by atoms with E-state index < -0.39 is 5.43 Å². The Labute approximate surface area is 87.7 Å². The molecule has 76 valence electrons. The van der Waals surface area contributed by atoms with Crippen molar-refractivity contribution in [3.05, 3.63) is 0 Å². The Morgan fingerprint density at radius 3 is 2.77 bits per heavy atom. The maximum atomic E-state index is 10.2. The molecule has 0 aliphatic carbocycles. The second-order valence-corrected chi connectivity index (χ2v) is 4.43. The molecule has 1 fully saturated rings. The first-order chi connectivity index (χ1) is 6.29. The van der Waals surface area contributed by atoms with E-state index in [1.807, 2.05) is 11.8 Å². The molecule has 1 aliphatic heterocycles. The van der Waals surface area contributed by atoms with Crippen LogP contribution in [0.5, 0.6) is 0 Å². The number of carbonyl (C=O) groups is 1. The Hall–Kier alpha value is 0.0700. The van der Waals surface area contributed by atoms with Gasteiger partial charge in [0.1, 0.15) is 0 Å². The van der Waals surface area contributed by atoms with Crippen molar-refractivity contribution in [1.82, 2.24) is 4.90 Å². The maximum Gasteiger partial charge on any atom is 0.403 e. The number of hydrogen-bond acceptors (Lipinski definition) is 4. The second kappa shape index (κ2) is 6.51. The monoisotopic (exact) mass is 223 g/mol. The van der Waals surface area contributed by atoms with Gasteiger partial charge < -0.3 is 9.64 Å². The molecule has 0 aromatic rings. The van der Waals surface area contributed by atoms with Crippen molar-refractivity contribution in [3.63, 3.8) is 0 Å². The molecule has 13 heavy (non-hydrogen) atoms. The molecule has 0 amide bonds. The van der Waals surface area contributed by atoms with Crippen LogP contribution in [0.1, 0.15) is 6.42 Å². The minimum atomic E-state index is -0.700. The van der Waals surface area contributed by atoms with Crippen LogP contribution in [0.2, 0.25) is 0 Å². The van der Waals surface area contributed by atoms with Crippen LogP contribution in [0.15, 0.2) is 0 Å². The molecular weight excluding hydrogens is 210 g/mol. The fraction of sp³-hybridized carbons (Fsp3) is 0.875. The third kappa shape index (κ3) is 5.39. The lowest BCUT2D eigenvalue weighted by atomic mass is 10.4. The summed E-state index contributed by atoms with van der Waals surface area (Å²) >= 11 is 7.02. The van der Waals surface area contributed by atoms with Gasteiger partial charge in [0.15, 0.2) is 0 Å². The number of rotatable bonds is 4. The molecule has 0 atom stereocenters. The molecule has 1 saturated heterocycles. The van der Waals surface area contributed by atoms with Crippen LogP contribution >= 0.6 is 23.4 Å². The summed E-state index contributed by atoms with van der Waals surface area (Å²) in [6.07, 6.45) is 0.878. The highest BCUT2D eigenvalue weighted by Crippen LogP contribution is 2.09. The van der Waals surface area contributed by atoms with Crippen LogP contribution in [0.25, 0.3) is 0 Å². The van der Waals surface area contributed by atoms with E-state index in [9.17, 15) is 4.79 Å². The van der Waals surface area contributed by atoms with Gasteiger partial charge in [-0.1, -0.05) is 0 Å². The number of ether oxygens (including phenoxy) is 1. The standard InChI is InChI=1S/C8H14ClNO2S/c9-8(11)12-5-1-2-10-3-6-13-7-4-10/h1-7H2. The number of nitrogens with zero attached hydrogens (tertiary/aromatic N) is 1. The smallest absolute Gasteiger partial charge is 0.403 e. The van der Waals surface area contributed by atoms with Gasteiger partial charge in [0.25, 0.3) is 0 Å². The first-order valence-corrected chi connectivity index (χ1v) is 5.94. The molecule has 0 radical (unpaired) electrons. The van der Waals surface area contributed by atoms with Gasteiger partial charge in [0, 0.05) is 42.7 Å². The van der Waals surface area contributed by atoms with Gasteiger partial charge in [-0.2, -0.15) is 11.8 Å². The van der Waals surface area contributed by atoms with Crippen LogP contribution in [0.3, 0.4) is 0 Å². The molecule has 0 unspecified atom stereocenters. The first-order valence-electron chi connectivity index (χ1n) is 4.41. The van der Waals surface area contributed by atoms with E-state index in [-0.39, 0.29) is 0 Å². The molecule has 0 spiro atoms. The maximum absolute atomic E-state index is 10.2. The van der Waals surface area contributed by atoms with E-state index in [0.717, 1.165) is 26.1 Å². The molecule has 0 bridgehead atoms. The van der Waals surface area contributed by atoms with E-state index >= 15 is 0 Å². The number of carbonyl (C=O) groups excluding carboxylic acids is 1. The summed E-state index contributed by atoms with van der Waals surface area (Å²) in [4.78, 5) is 12.6. The highest BCUT2D eigenvalue weighted by atomic mass is 35.5. The topological polar surface area (TPSA) is 29.5 Å². The Kier molecular flexibility index (Phi) is 5.58. The zero-order valence-electron chi connectivity index (χ0n) is 7.50. The van der Waals surface area contributed by atoms with Crippen LogP contribution in [0, 0.1) is 0 Å². The molecule has 3 nitrogen and oxygen atoms in total. The van der Waals surface area contributed by atoms with Crippen molar-refractivity contribution in [3.8, 4) is 0 Å². The normalized spacial score (nSPS) is 18.5. The predicted octanol–water partition coefficient (Wildman–Crippen LogP) is 1.80. The van der Waals surface area contributed by atoms with Gasteiger partial charge in [0.2, 0.25) is 0 Å². The summed E-state index contributed by atoms with van der Waals surface area (Å²) in [7, 11) is 0. The van der Waals surface area contributed by atoms with Crippen molar-refractivity contribution < 1.29 is 9.53 Å². The lowest BCUT2D eigenvalue weighted by Crippen LogP contribution is -2.33. The summed E-state index contributed by atoms with van der Waals surface area (Å²) in [6.45, 7) is 3.75. The number of hydrogen-bond donors (Lipinski definition) is 0. The van der Waals surface area contributed by atoms with Gasteiger partial charge in [-0.3, -0.25) is 0 Å². The van der Waals surface area contributed by atoms with Crippen LogP contribution in [-0.4, -0.2) is 48.1 Å². The Bertz CT molecular complexity index is 162. The van der Waals surface area contributed by atoms with E-state index in [4.69, 9.17) is 11.6 Å². The Balaban J connectivity index is 1.95. The Morgan fingerprint density at radius 1 is 1.46 bits per heavy atom. The van der Waals surface area contributed by atoms with E-state index in [1.54, 1.807) is 0 Å². The summed E-state index contributed by atoms with van der Waals surface area (Å²) in [5.74, 6) is 2.44. The molecule has 5 heteroatoms. The van der Waals surface area contributed by atoms with Gasteiger partial charge in [-0.05, 0) is 6.42 Å². The first kappa shape index (κ1) is 11.1. The van der Waals surface area contributed by atoms with Crippen molar-refractivity contribution in [2.75, 3.05) is 37.7 Å². The van der Waals surface area contributed by atoms with Gasteiger partial charge in [0.05, 0.1) is 6.61 Å². The third-order valence-corrected chi connectivity index (χ3v) is 2.99. The second-order valence-electron chi connectivity index (χ2n) is 2.89. The highest BCUT2D eigenvalue weighted by molar-refractivity contribution is 7.99. The van der Waals surface area contributed by atoms with E-state index in [0.29, 0.717) is 6.61 Å². The zero-order chi connectivity index (χ0) is 9.52. The van der Waals surface area contributed by atoms with Crippen molar-refractivity contribution in [2.24, 2.45) is 0 Å². The summed E-state index contributed by atoms with van der Waals surface area (Å²) in [6, 6.07) is 0. The molecule has 0 N–H and O–H groups in total. The molecule has 1 heterocycles. The molecule has 0 saturated carbocycles. The zero-order valence-corrected chi connectivity index (χ0v) is 9.07. The lowest BCUT2D eigenvalue weighted by Gasteiger charge is -2.25. The summed E-state index contributed by atoms with van der Waals surface area (Å²) in [5, 5.41) is 0. The molecule has 0 aromatic carbocycles. The fourth-order valence-electron chi connectivity index (χ4n) is 1.27.